The molecule has 1 amide bonds. The Morgan fingerprint density at radius 1 is 1.24 bits per heavy atom. The van der Waals surface area contributed by atoms with Crippen molar-refractivity contribution in [3.8, 4) is 6.07 Å². The van der Waals surface area contributed by atoms with Crippen LogP contribution < -0.4 is 10.2 Å². The minimum atomic E-state index is -0.590. The molecule has 8 heteroatoms. The molecule has 1 heterocycles. The van der Waals surface area contributed by atoms with Gasteiger partial charge in [0, 0.05) is 62.0 Å². The van der Waals surface area contributed by atoms with Gasteiger partial charge < -0.3 is 15.1 Å². The largest absolute Gasteiger partial charge is 0.352 e. The molecule has 1 aromatic heterocycles. The van der Waals surface area contributed by atoms with Crippen LogP contribution >= 0.6 is 0 Å². The van der Waals surface area contributed by atoms with E-state index in [1.807, 2.05) is 31.7 Å². The summed E-state index contributed by atoms with van der Waals surface area (Å²) in [5.74, 6) is -0.346. The van der Waals surface area contributed by atoms with Crippen molar-refractivity contribution in [1.29, 1.82) is 5.26 Å². The van der Waals surface area contributed by atoms with E-state index in [9.17, 15) is 13.6 Å². The van der Waals surface area contributed by atoms with Crippen molar-refractivity contribution in [3.05, 3.63) is 59.3 Å². The number of hydrogen-bond acceptors (Lipinski definition) is 5. The van der Waals surface area contributed by atoms with Gasteiger partial charge in [0.05, 0.1) is 5.56 Å². The van der Waals surface area contributed by atoms with E-state index in [0.717, 1.165) is 31.3 Å². The molecule has 0 radical (unpaired) electrons. The summed E-state index contributed by atoms with van der Waals surface area (Å²) in [5.41, 5.74) is 0.475. The first-order valence-corrected chi connectivity index (χ1v) is 11.4. The molecule has 1 unspecified atom stereocenters. The Labute approximate surface area is 194 Å². The van der Waals surface area contributed by atoms with Crippen molar-refractivity contribution in [3.63, 3.8) is 0 Å². The predicted molar refractivity (Wildman–Crippen MR) is 124 cm³/mol. The predicted octanol–water partition coefficient (Wildman–Crippen LogP) is 3.96. The van der Waals surface area contributed by atoms with Crippen LogP contribution in [0.4, 0.5) is 14.6 Å². The second-order valence-electron chi connectivity index (χ2n) is 8.47. The van der Waals surface area contributed by atoms with Gasteiger partial charge in [0.2, 0.25) is 5.91 Å². The third-order valence-corrected chi connectivity index (χ3v) is 6.26. The third kappa shape index (κ3) is 5.85. The molecule has 1 N–H and O–H groups in total. The van der Waals surface area contributed by atoms with Crippen molar-refractivity contribution >= 4 is 11.7 Å². The van der Waals surface area contributed by atoms with Gasteiger partial charge in [-0.3, -0.25) is 4.79 Å². The summed E-state index contributed by atoms with van der Waals surface area (Å²) in [7, 11) is 0. The Hall–Kier alpha value is -3.05. The highest BCUT2D eigenvalue weighted by molar-refractivity contribution is 5.76. The smallest absolute Gasteiger partial charge is 0.223 e. The molecular formula is C25H31F2N5O. The summed E-state index contributed by atoms with van der Waals surface area (Å²) in [5, 5.41) is 12.3. The fourth-order valence-corrected chi connectivity index (χ4v) is 4.26. The zero-order chi connectivity index (χ0) is 24.0. The van der Waals surface area contributed by atoms with E-state index in [1.54, 1.807) is 12.3 Å². The molecule has 1 fully saturated rings. The number of rotatable bonds is 11. The Bertz CT molecular complexity index is 1000. The molecular weight excluding hydrogens is 424 g/mol. The maximum atomic E-state index is 14.2. The lowest BCUT2D eigenvalue weighted by Gasteiger charge is -2.33. The number of aromatic nitrogens is 1. The van der Waals surface area contributed by atoms with Crippen LogP contribution in [0.25, 0.3) is 0 Å². The summed E-state index contributed by atoms with van der Waals surface area (Å²) in [4.78, 5) is 21.2. The van der Waals surface area contributed by atoms with E-state index >= 15 is 0 Å². The number of nitriles is 1. The van der Waals surface area contributed by atoms with E-state index in [2.05, 4.69) is 21.3 Å². The van der Waals surface area contributed by atoms with Gasteiger partial charge in [-0.2, -0.15) is 5.26 Å². The van der Waals surface area contributed by atoms with Gasteiger partial charge in [-0.15, -0.1) is 0 Å². The van der Waals surface area contributed by atoms with Gasteiger partial charge in [0.15, 0.2) is 0 Å². The fraction of sp³-hybridized carbons (Fsp3) is 0.480. The first-order chi connectivity index (χ1) is 15.8. The van der Waals surface area contributed by atoms with Crippen LogP contribution in [0.2, 0.25) is 0 Å². The van der Waals surface area contributed by atoms with Gasteiger partial charge >= 0.3 is 0 Å². The number of halogens is 2. The number of pyridine rings is 1. The summed E-state index contributed by atoms with van der Waals surface area (Å²) in [6.07, 6.45) is 3.38. The number of nitrogens with zero attached hydrogens (tertiary/aromatic N) is 4. The quantitative estimate of drug-likeness (QED) is 0.555. The minimum absolute atomic E-state index is 0.0241. The Kier molecular flexibility index (Phi) is 7.98. The maximum absolute atomic E-state index is 14.2. The van der Waals surface area contributed by atoms with Gasteiger partial charge in [0.1, 0.15) is 23.5 Å². The average Bonchev–Trinajstić information content (AvgIpc) is 3.58. The van der Waals surface area contributed by atoms with Crippen molar-refractivity contribution in [2.75, 3.05) is 31.1 Å². The van der Waals surface area contributed by atoms with E-state index in [1.165, 1.54) is 12.1 Å². The van der Waals surface area contributed by atoms with E-state index < -0.39 is 17.2 Å². The number of hydrogen-bond donors (Lipinski definition) is 1. The molecule has 1 aliphatic rings. The highest BCUT2D eigenvalue weighted by Gasteiger charge is 2.45. The van der Waals surface area contributed by atoms with Gasteiger partial charge in [0.25, 0.3) is 0 Å². The lowest BCUT2D eigenvalue weighted by Crippen LogP contribution is -2.45. The van der Waals surface area contributed by atoms with Gasteiger partial charge in [-0.05, 0) is 51.8 Å². The summed E-state index contributed by atoms with van der Waals surface area (Å²) in [6.45, 7) is 8.30. The van der Waals surface area contributed by atoms with Crippen LogP contribution in [0, 0.1) is 23.0 Å². The van der Waals surface area contributed by atoms with Gasteiger partial charge in [-0.1, -0.05) is 6.07 Å². The molecule has 33 heavy (non-hydrogen) atoms. The maximum Gasteiger partial charge on any atom is 0.223 e. The van der Waals surface area contributed by atoms with Crippen LogP contribution in [-0.4, -0.2) is 48.0 Å². The molecule has 1 saturated carbocycles. The third-order valence-electron chi connectivity index (χ3n) is 6.26. The molecule has 176 valence electrons. The van der Waals surface area contributed by atoms with E-state index in [4.69, 9.17) is 5.26 Å². The number of carbonyl (C=O) groups excluding carboxylic acids is 1. The molecule has 0 bridgehead atoms. The topological polar surface area (TPSA) is 72.3 Å². The number of carbonyl (C=O) groups is 1. The lowest BCUT2D eigenvalue weighted by molar-refractivity contribution is -0.131. The molecule has 1 atom stereocenters. The second kappa shape index (κ2) is 10.7. The SMILES string of the molecule is CCN(CC(C)N(CC)c1ccc(C#N)cn1)C(=O)CCNC1(c2ccc(F)cc2F)CC1. The molecule has 0 aliphatic heterocycles. The summed E-state index contributed by atoms with van der Waals surface area (Å²) < 4.78 is 27.4. The highest BCUT2D eigenvalue weighted by Crippen LogP contribution is 2.46. The van der Waals surface area contributed by atoms with E-state index in [-0.39, 0.29) is 11.9 Å². The van der Waals surface area contributed by atoms with Crippen molar-refractivity contribution in [2.45, 2.75) is 51.6 Å². The Morgan fingerprint density at radius 2 is 2.00 bits per heavy atom. The van der Waals surface area contributed by atoms with Crippen LogP contribution in [0.15, 0.2) is 36.5 Å². The molecule has 0 saturated heterocycles. The lowest BCUT2D eigenvalue weighted by atomic mass is 10.0. The first-order valence-electron chi connectivity index (χ1n) is 11.4. The fourth-order valence-electron chi connectivity index (χ4n) is 4.26. The van der Waals surface area contributed by atoms with Gasteiger partial charge in [-0.25, -0.2) is 13.8 Å². The minimum Gasteiger partial charge on any atom is -0.352 e. The number of anilines is 1. The zero-order valence-corrected chi connectivity index (χ0v) is 19.4. The number of likely N-dealkylation sites (N-methyl/N-ethyl adjacent to an activating group) is 2. The van der Waals surface area contributed by atoms with Crippen LogP contribution in [0.5, 0.6) is 0 Å². The molecule has 0 spiro atoms. The van der Waals surface area contributed by atoms with Crippen LogP contribution in [-0.2, 0) is 10.3 Å². The standard InChI is InChI=1S/C25H31F2N5O/c1-4-31(17-18(3)32(5-2)23-9-6-19(15-28)16-29-23)24(33)10-13-30-25(11-12-25)21-8-7-20(26)14-22(21)27/h6-9,14,16,18,30H,4-5,10-13,17H2,1-3H3. The molecule has 2 aromatic rings. The van der Waals surface area contributed by atoms with E-state index in [0.29, 0.717) is 37.2 Å². The van der Waals surface area contributed by atoms with Crippen LogP contribution in [0.3, 0.4) is 0 Å². The number of benzene rings is 1. The summed E-state index contributed by atoms with van der Waals surface area (Å²) >= 11 is 0. The Morgan fingerprint density at radius 3 is 2.55 bits per heavy atom. The number of amides is 1. The molecule has 1 aliphatic carbocycles. The van der Waals surface area contributed by atoms with Crippen molar-refractivity contribution in [2.24, 2.45) is 0 Å². The summed E-state index contributed by atoms with van der Waals surface area (Å²) in [6, 6.07) is 9.34. The molecule has 1 aromatic carbocycles. The monoisotopic (exact) mass is 455 g/mol. The Balaban J connectivity index is 1.55. The second-order valence-corrected chi connectivity index (χ2v) is 8.47. The van der Waals surface area contributed by atoms with Crippen LogP contribution in [0.1, 0.15) is 51.2 Å². The van der Waals surface area contributed by atoms with Crippen molar-refractivity contribution in [1.82, 2.24) is 15.2 Å². The zero-order valence-electron chi connectivity index (χ0n) is 19.4. The molecule has 6 nitrogen and oxygen atoms in total. The normalized spacial score (nSPS) is 14.9. The highest BCUT2D eigenvalue weighted by atomic mass is 19.1. The molecule has 3 rings (SSSR count). The number of nitrogens with one attached hydrogen (secondary N) is 1. The average molecular weight is 456 g/mol. The van der Waals surface area contributed by atoms with Crippen molar-refractivity contribution < 1.29 is 13.6 Å². The first kappa shape index (κ1) is 24.6.